The summed E-state index contributed by atoms with van der Waals surface area (Å²) in [5.74, 6) is 0.760. The second kappa shape index (κ2) is 8.78. The van der Waals surface area contributed by atoms with Crippen molar-refractivity contribution in [2.75, 3.05) is 0 Å². The molecule has 0 unspecified atom stereocenters. The first-order valence-corrected chi connectivity index (χ1v) is 6.47. The predicted molar refractivity (Wildman–Crippen MR) is 56.9 cm³/mol. The summed E-state index contributed by atoms with van der Waals surface area (Å²) in [6, 6.07) is 0. The Morgan fingerprint density at radius 2 is 1.47 bits per heavy atom. The SMILES string of the molecule is CC(C)CC(CC(C)C)OP(=O)(O)O.[H-].[K+]. The number of phosphoric acid groups is 1. The summed E-state index contributed by atoms with van der Waals surface area (Å²) in [6.45, 7) is 8.04. The molecule has 0 fully saturated rings. The van der Waals surface area contributed by atoms with E-state index in [1.165, 1.54) is 0 Å². The zero-order valence-electron chi connectivity index (χ0n) is 11.3. The van der Waals surface area contributed by atoms with Gasteiger partial charge >= 0.3 is 59.2 Å². The summed E-state index contributed by atoms with van der Waals surface area (Å²) in [6.07, 6.45) is 1.03. The molecule has 15 heavy (non-hydrogen) atoms. The van der Waals surface area contributed by atoms with E-state index in [2.05, 4.69) is 0 Å². The molecule has 0 aliphatic carbocycles. The maximum Gasteiger partial charge on any atom is 1.00 e. The van der Waals surface area contributed by atoms with E-state index in [-0.39, 0.29) is 58.9 Å². The molecule has 0 aromatic carbocycles. The molecule has 0 atom stereocenters. The molecule has 88 valence electrons. The van der Waals surface area contributed by atoms with E-state index in [9.17, 15) is 4.57 Å². The van der Waals surface area contributed by atoms with Crippen LogP contribution in [0.2, 0.25) is 0 Å². The topological polar surface area (TPSA) is 66.8 Å². The van der Waals surface area contributed by atoms with Crippen LogP contribution in [-0.2, 0) is 9.09 Å². The van der Waals surface area contributed by atoms with Crippen molar-refractivity contribution < 1.29 is 71.7 Å². The molecule has 6 heteroatoms. The molecule has 0 bridgehead atoms. The van der Waals surface area contributed by atoms with Crippen LogP contribution in [0.3, 0.4) is 0 Å². The van der Waals surface area contributed by atoms with Gasteiger partial charge in [-0.3, -0.25) is 4.52 Å². The van der Waals surface area contributed by atoms with E-state index >= 15 is 0 Å². The van der Waals surface area contributed by atoms with Crippen molar-refractivity contribution in [2.45, 2.75) is 46.6 Å². The first kappa shape index (κ1) is 19.1. The van der Waals surface area contributed by atoms with Crippen molar-refractivity contribution in [1.29, 1.82) is 0 Å². The summed E-state index contributed by atoms with van der Waals surface area (Å²) in [7, 11) is -4.33. The molecule has 0 heterocycles. The third-order valence-corrected chi connectivity index (χ3v) is 2.33. The smallest absolute Gasteiger partial charge is 1.00 e. The monoisotopic (exact) mass is 264 g/mol. The van der Waals surface area contributed by atoms with Crippen LogP contribution in [0.4, 0.5) is 0 Å². The fourth-order valence-electron chi connectivity index (χ4n) is 1.43. The number of rotatable bonds is 6. The molecule has 0 saturated carbocycles. The van der Waals surface area contributed by atoms with Crippen molar-refractivity contribution in [3.63, 3.8) is 0 Å². The largest absolute Gasteiger partial charge is 1.00 e. The molecule has 2 N–H and O–H groups in total. The Labute approximate surface area is 136 Å². The summed E-state index contributed by atoms with van der Waals surface area (Å²) in [5, 5.41) is 0. The first-order valence-electron chi connectivity index (χ1n) is 4.94. The number of hydrogen-bond donors (Lipinski definition) is 2. The minimum atomic E-state index is -4.33. The molecular weight excluding hydrogens is 242 g/mol. The molecule has 0 saturated heterocycles. The average Bonchev–Trinajstić information content (AvgIpc) is 1.77. The van der Waals surface area contributed by atoms with Gasteiger partial charge < -0.3 is 11.2 Å². The van der Waals surface area contributed by atoms with Crippen LogP contribution in [0.25, 0.3) is 0 Å². The van der Waals surface area contributed by atoms with Crippen molar-refractivity contribution in [2.24, 2.45) is 11.8 Å². The molecule has 0 aliphatic rings. The summed E-state index contributed by atoms with van der Waals surface area (Å²) >= 11 is 0. The second-order valence-electron chi connectivity index (χ2n) is 4.48. The van der Waals surface area contributed by atoms with Gasteiger partial charge in [-0.1, -0.05) is 27.7 Å². The normalized spacial score (nSPS) is 12.3. The van der Waals surface area contributed by atoms with Crippen LogP contribution in [0.1, 0.15) is 42.0 Å². The number of hydrogen-bond acceptors (Lipinski definition) is 2. The Balaban J connectivity index is -0.000000845. The van der Waals surface area contributed by atoms with Gasteiger partial charge in [0, 0.05) is 0 Å². The quantitative estimate of drug-likeness (QED) is 0.509. The van der Waals surface area contributed by atoms with Gasteiger partial charge in [0.1, 0.15) is 0 Å². The fourth-order valence-corrected chi connectivity index (χ4v) is 1.99. The standard InChI is InChI=1S/C9H21O4P.K.H/c1-7(2)5-9(6-8(3)4)13-14(10,11)12;;/h7-9H,5-6H2,1-4H3,(H2,10,11,12);;/q;+1;-1. The second-order valence-corrected chi connectivity index (χ2v) is 5.67. The van der Waals surface area contributed by atoms with Gasteiger partial charge in [-0.15, -0.1) is 0 Å². The van der Waals surface area contributed by atoms with Crippen LogP contribution in [-0.4, -0.2) is 15.9 Å². The maximum atomic E-state index is 10.7. The minimum absolute atomic E-state index is 0. The van der Waals surface area contributed by atoms with Crippen molar-refractivity contribution in [3.05, 3.63) is 0 Å². The Kier molecular flexibility index (Phi) is 11.2. The summed E-state index contributed by atoms with van der Waals surface area (Å²) < 4.78 is 15.4. The van der Waals surface area contributed by atoms with Gasteiger partial charge in [-0.2, -0.15) is 0 Å². The molecule has 0 aliphatic heterocycles. The van der Waals surface area contributed by atoms with Gasteiger partial charge in [0.15, 0.2) is 0 Å². The Hall–Kier alpha value is 1.75. The van der Waals surface area contributed by atoms with Crippen molar-refractivity contribution in [3.8, 4) is 0 Å². The van der Waals surface area contributed by atoms with Crippen LogP contribution < -0.4 is 51.4 Å². The third-order valence-electron chi connectivity index (χ3n) is 1.75. The van der Waals surface area contributed by atoms with Gasteiger partial charge in [0.25, 0.3) is 0 Å². The molecule has 0 amide bonds. The van der Waals surface area contributed by atoms with E-state index in [1.54, 1.807) is 0 Å². The third kappa shape index (κ3) is 13.7. The van der Waals surface area contributed by atoms with Gasteiger partial charge in [-0.05, 0) is 24.7 Å². The average molecular weight is 264 g/mol. The molecule has 0 aromatic heterocycles. The number of phosphoric ester groups is 1. The van der Waals surface area contributed by atoms with E-state index in [0.717, 1.165) is 0 Å². The van der Waals surface area contributed by atoms with E-state index < -0.39 is 7.82 Å². The van der Waals surface area contributed by atoms with E-state index in [0.29, 0.717) is 24.7 Å². The Morgan fingerprint density at radius 1 is 1.13 bits per heavy atom. The van der Waals surface area contributed by atoms with Crippen molar-refractivity contribution in [1.82, 2.24) is 0 Å². The van der Waals surface area contributed by atoms with Crippen LogP contribution >= 0.6 is 7.82 Å². The summed E-state index contributed by atoms with van der Waals surface area (Å²) in [5.41, 5.74) is 0. The van der Waals surface area contributed by atoms with Gasteiger partial charge in [0.2, 0.25) is 0 Å². The molecule has 0 spiro atoms. The van der Waals surface area contributed by atoms with E-state index in [1.807, 2.05) is 27.7 Å². The fraction of sp³-hybridized carbons (Fsp3) is 1.00. The molecular formula is C9H22KO4P. The molecule has 0 radical (unpaired) electrons. The van der Waals surface area contributed by atoms with Gasteiger partial charge in [-0.25, -0.2) is 4.57 Å². The molecule has 4 nitrogen and oxygen atoms in total. The minimum Gasteiger partial charge on any atom is -1.00 e. The zero-order chi connectivity index (χ0) is 11.4. The van der Waals surface area contributed by atoms with Crippen LogP contribution in [0, 0.1) is 11.8 Å². The van der Waals surface area contributed by atoms with Crippen LogP contribution in [0.15, 0.2) is 0 Å². The summed E-state index contributed by atoms with van der Waals surface area (Å²) in [4.78, 5) is 17.4. The van der Waals surface area contributed by atoms with E-state index in [4.69, 9.17) is 14.3 Å². The Morgan fingerprint density at radius 3 is 1.67 bits per heavy atom. The molecule has 0 aromatic rings. The molecule has 0 rings (SSSR count). The zero-order valence-corrected chi connectivity index (χ0v) is 14.3. The maximum absolute atomic E-state index is 10.7. The van der Waals surface area contributed by atoms with Crippen molar-refractivity contribution >= 4 is 7.82 Å². The first-order chi connectivity index (χ1) is 6.20. The Bertz CT molecular complexity index is 198. The van der Waals surface area contributed by atoms with Gasteiger partial charge in [0.05, 0.1) is 6.10 Å². The van der Waals surface area contributed by atoms with Crippen LogP contribution in [0.5, 0.6) is 0 Å². The predicted octanol–water partition coefficient (Wildman–Crippen LogP) is -0.327.